The van der Waals surface area contributed by atoms with Crippen LogP contribution in [-0.2, 0) is 4.74 Å². The van der Waals surface area contributed by atoms with E-state index < -0.39 is 5.60 Å². The van der Waals surface area contributed by atoms with Gasteiger partial charge in [0, 0.05) is 18.9 Å². The molecule has 0 saturated heterocycles. The van der Waals surface area contributed by atoms with E-state index in [2.05, 4.69) is 10.2 Å². The van der Waals surface area contributed by atoms with Crippen LogP contribution in [0.2, 0.25) is 0 Å². The Morgan fingerprint density at radius 2 is 2.13 bits per heavy atom. The fraction of sp³-hybridized carbons (Fsp3) is 0.818. The summed E-state index contributed by atoms with van der Waals surface area (Å²) in [6, 6.07) is 0.184. The molecule has 0 unspecified atom stereocenters. The molecule has 1 aliphatic rings. The SMILES string of the molecule is [C-]#[N+][C@H]1CC[C@H](NC(=O)OC(C)(C)C)C1. The normalized spacial score (nSPS) is 25.7. The molecule has 0 aromatic rings. The maximum absolute atomic E-state index is 11.4. The van der Waals surface area contributed by atoms with Gasteiger partial charge in [-0.05, 0) is 27.2 Å². The van der Waals surface area contributed by atoms with Crippen molar-refractivity contribution in [2.45, 2.75) is 57.7 Å². The summed E-state index contributed by atoms with van der Waals surface area (Å²) in [7, 11) is 0. The third-order valence-electron chi connectivity index (χ3n) is 2.31. The van der Waals surface area contributed by atoms with Gasteiger partial charge in [-0.2, -0.15) is 0 Å². The molecule has 0 aromatic heterocycles. The lowest BCUT2D eigenvalue weighted by molar-refractivity contribution is 0.0505. The standard InChI is InChI=1S/C11H18N2O2/c1-11(2,3)15-10(14)13-9-6-5-8(7-9)12-4/h8-9H,5-7H2,1-3H3,(H,13,14)/t8-,9-/m0/s1. The Hall–Kier alpha value is -1.24. The first-order chi connectivity index (χ1) is 6.90. The molecule has 0 aromatic carbocycles. The molecule has 0 spiro atoms. The van der Waals surface area contributed by atoms with Crippen LogP contribution in [0.5, 0.6) is 0 Å². The Labute approximate surface area is 90.8 Å². The number of alkyl carbamates (subject to hydrolysis) is 1. The van der Waals surface area contributed by atoms with Gasteiger partial charge in [0.25, 0.3) is 0 Å². The minimum absolute atomic E-state index is 0.0740. The van der Waals surface area contributed by atoms with Gasteiger partial charge in [0.15, 0.2) is 0 Å². The molecule has 4 nitrogen and oxygen atoms in total. The van der Waals surface area contributed by atoms with Gasteiger partial charge in [-0.15, -0.1) is 0 Å². The fourth-order valence-electron chi connectivity index (χ4n) is 1.68. The van der Waals surface area contributed by atoms with Crippen LogP contribution in [0.4, 0.5) is 4.79 Å². The highest BCUT2D eigenvalue weighted by Gasteiger charge is 2.30. The van der Waals surface area contributed by atoms with Gasteiger partial charge >= 0.3 is 6.09 Å². The molecular weight excluding hydrogens is 192 g/mol. The fourth-order valence-corrected chi connectivity index (χ4v) is 1.68. The zero-order chi connectivity index (χ0) is 11.5. The van der Waals surface area contributed by atoms with Crippen molar-refractivity contribution in [2.75, 3.05) is 0 Å². The molecule has 1 aliphatic carbocycles. The highest BCUT2D eigenvalue weighted by atomic mass is 16.6. The monoisotopic (exact) mass is 210 g/mol. The van der Waals surface area contributed by atoms with E-state index in [4.69, 9.17) is 11.3 Å². The van der Waals surface area contributed by atoms with Crippen LogP contribution in [0, 0.1) is 6.57 Å². The smallest absolute Gasteiger partial charge is 0.407 e. The highest BCUT2D eigenvalue weighted by Crippen LogP contribution is 2.22. The van der Waals surface area contributed by atoms with Crippen LogP contribution in [0.3, 0.4) is 0 Å². The molecule has 15 heavy (non-hydrogen) atoms. The number of ether oxygens (including phenoxy) is 1. The second-order valence-corrected chi connectivity index (χ2v) is 4.94. The molecule has 1 N–H and O–H groups in total. The molecule has 0 radical (unpaired) electrons. The summed E-state index contributed by atoms with van der Waals surface area (Å²) in [5, 5.41) is 2.80. The van der Waals surface area contributed by atoms with E-state index in [9.17, 15) is 4.79 Å². The van der Waals surface area contributed by atoms with Crippen LogP contribution in [0.25, 0.3) is 4.85 Å². The van der Waals surface area contributed by atoms with E-state index in [-0.39, 0.29) is 18.2 Å². The predicted molar refractivity (Wildman–Crippen MR) is 57.4 cm³/mol. The van der Waals surface area contributed by atoms with Crippen LogP contribution >= 0.6 is 0 Å². The first-order valence-electron chi connectivity index (χ1n) is 5.27. The van der Waals surface area contributed by atoms with Gasteiger partial charge in [0.05, 0.1) is 0 Å². The maximum Gasteiger partial charge on any atom is 0.407 e. The Morgan fingerprint density at radius 1 is 1.47 bits per heavy atom. The van der Waals surface area contributed by atoms with Crippen molar-refractivity contribution < 1.29 is 9.53 Å². The van der Waals surface area contributed by atoms with E-state index in [1.165, 1.54) is 0 Å². The maximum atomic E-state index is 11.4. The number of nitrogens with zero attached hydrogens (tertiary/aromatic N) is 1. The Balaban J connectivity index is 2.32. The molecule has 0 heterocycles. The number of carbonyl (C=O) groups excluding carboxylic acids is 1. The van der Waals surface area contributed by atoms with E-state index in [0.717, 1.165) is 19.3 Å². The number of amides is 1. The molecule has 2 atom stereocenters. The Morgan fingerprint density at radius 3 is 2.60 bits per heavy atom. The lowest BCUT2D eigenvalue weighted by atomic mass is 10.2. The summed E-state index contributed by atoms with van der Waals surface area (Å²) in [4.78, 5) is 14.9. The summed E-state index contributed by atoms with van der Waals surface area (Å²) in [5.74, 6) is 0. The van der Waals surface area contributed by atoms with E-state index in [1.807, 2.05) is 20.8 Å². The summed E-state index contributed by atoms with van der Waals surface area (Å²) < 4.78 is 5.14. The molecule has 1 rings (SSSR count). The van der Waals surface area contributed by atoms with Crippen molar-refractivity contribution in [1.82, 2.24) is 5.32 Å². The molecule has 1 saturated carbocycles. The summed E-state index contributed by atoms with van der Waals surface area (Å²) >= 11 is 0. The molecule has 0 bridgehead atoms. The van der Waals surface area contributed by atoms with E-state index in [1.54, 1.807) is 0 Å². The molecule has 0 aliphatic heterocycles. The zero-order valence-corrected chi connectivity index (χ0v) is 9.54. The summed E-state index contributed by atoms with van der Waals surface area (Å²) in [6.45, 7) is 12.4. The van der Waals surface area contributed by atoms with Crippen molar-refractivity contribution in [3.63, 3.8) is 0 Å². The van der Waals surface area contributed by atoms with Crippen molar-refractivity contribution >= 4 is 6.09 Å². The highest BCUT2D eigenvalue weighted by molar-refractivity contribution is 5.68. The minimum atomic E-state index is -0.456. The largest absolute Gasteiger partial charge is 0.444 e. The first-order valence-corrected chi connectivity index (χ1v) is 5.27. The topological polar surface area (TPSA) is 42.7 Å². The number of hydrogen-bond acceptors (Lipinski definition) is 2. The van der Waals surface area contributed by atoms with Gasteiger partial charge < -0.3 is 14.9 Å². The average Bonchev–Trinajstić information content (AvgIpc) is 2.48. The lowest BCUT2D eigenvalue weighted by Crippen LogP contribution is -2.38. The van der Waals surface area contributed by atoms with Crippen LogP contribution < -0.4 is 5.32 Å². The van der Waals surface area contributed by atoms with Crippen LogP contribution in [0.1, 0.15) is 40.0 Å². The number of nitrogens with one attached hydrogen (secondary N) is 1. The first kappa shape index (κ1) is 11.8. The molecular formula is C11H18N2O2. The van der Waals surface area contributed by atoms with E-state index >= 15 is 0 Å². The molecule has 84 valence electrons. The molecule has 1 amide bonds. The second kappa shape index (κ2) is 4.52. The summed E-state index contributed by atoms with van der Waals surface area (Å²) in [5.41, 5.74) is -0.456. The lowest BCUT2D eigenvalue weighted by Gasteiger charge is -2.21. The van der Waals surface area contributed by atoms with Gasteiger partial charge in [0.1, 0.15) is 5.60 Å². The van der Waals surface area contributed by atoms with Crippen molar-refractivity contribution in [3.05, 3.63) is 11.4 Å². The average molecular weight is 210 g/mol. The van der Waals surface area contributed by atoms with Crippen LogP contribution in [-0.4, -0.2) is 23.8 Å². The van der Waals surface area contributed by atoms with Crippen LogP contribution in [0.15, 0.2) is 0 Å². The minimum Gasteiger partial charge on any atom is -0.444 e. The third kappa shape index (κ3) is 4.20. The van der Waals surface area contributed by atoms with Crippen molar-refractivity contribution in [2.24, 2.45) is 0 Å². The number of hydrogen-bond donors (Lipinski definition) is 1. The Bertz CT molecular complexity index is 275. The second-order valence-electron chi connectivity index (χ2n) is 4.94. The number of rotatable bonds is 1. The quantitative estimate of drug-likeness (QED) is 0.675. The number of carbonyl (C=O) groups is 1. The Kier molecular flexibility index (Phi) is 3.57. The summed E-state index contributed by atoms with van der Waals surface area (Å²) in [6.07, 6.45) is 2.14. The van der Waals surface area contributed by atoms with Gasteiger partial charge in [0.2, 0.25) is 6.04 Å². The van der Waals surface area contributed by atoms with E-state index in [0.29, 0.717) is 0 Å². The molecule has 1 fully saturated rings. The third-order valence-corrected chi connectivity index (χ3v) is 2.31. The van der Waals surface area contributed by atoms with Gasteiger partial charge in [-0.25, -0.2) is 11.4 Å². The van der Waals surface area contributed by atoms with Crippen molar-refractivity contribution in [3.8, 4) is 0 Å². The predicted octanol–water partition coefficient (Wildman–Crippen LogP) is 2.35. The van der Waals surface area contributed by atoms with Crippen molar-refractivity contribution in [1.29, 1.82) is 0 Å². The zero-order valence-electron chi connectivity index (χ0n) is 9.54. The van der Waals surface area contributed by atoms with Gasteiger partial charge in [-0.1, -0.05) is 0 Å². The van der Waals surface area contributed by atoms with Gasteiger partial charge in [-0.3, -0.25) is 0 Å². The molecule has 4 heteroatoms.